The molecule has 2 aromatic rings. The van der Waals surface area contributed by atoms with E-state index in [1.165, 1.54) is 6.07 Å². The third-order valence-corrected chi connectivity index (χ3v) is 7.26. The summed E-state index contributed by atoms with van der Waals surface area (Å²) in [7, 11) is 1.58. The van der Waals surface area contributed by atoms with Crippen molar-refractivity contribution in [2.24, 2.45) is 17.8 Å². The Morgan fingerprint density at radius 2 is 2.12 bits per heavy atom. The number of amides is 2. The second-order valence-corrected chi connectivity index (χ2v) is 9.02. The molecule has 4 atom stereocenters. The molecule has 2 bridgehead atoms. The Bertz CT molecular complexity index is 1060. The highest BCUT2D eigenvalue weighted by Crippen LogP contribution is 2.52. The van der Waals surface area contributed by atoms with E-state index in [1.807, 2.05) is 0 Å². The average Bonchev–Trinajstić information content (AvgIpc) is 2.80. The Labute approximate surface area is 186 Å². The lowest BCUT2D eigenvalue weighted by Crippen LogP contribution is -2.67. The minimum absolute atomic E-state index is 0.00935. The lowest BCUT2D eigenvalue weighted by Gasteiger charge is -2.55. The first-order valence-corrected chi connectivity index (χ1v) is 11.2. The normalized spacial score (nSPS) is 27.9. The molecule has 6 rings (SSSR count). The monoisotopic (exact) mass is 438 g/mol. The van der Waals surface area contributed by atoms with E-state index in [2.05, 4.69) is 10.6 Å². The molecule has 1 spiro atoms. The van der Waals surface area contributed by atoms with Crippen LogP contribution in [0.1, 0.15) is 41.6 Å². The summed E-state index contributed by atoms with van der Waals surface area (Å²) in [5.41, 5.74) is 0.327. The van der Waals surface area contributed by atoms with Crippen molar-refractivity contribution in [1.82, 2.24) is 10.6 Å². The first-order chi connectivity index (χ1) is 15.5. The molecule has 0 aromatic heterocycles. The molecule has 2 N–H and O–H groups in total. The van der Waals surface area contributed by atoms with Crippen LogP contribution in [-0.4, -0.2) is 31.2 Å². The molecule has 2 amide bonds. The molecule has 1 aliphatic heterocycles. The number of rotatable bonds is 5. The molecule has 168 valence electrons. The van der Waals surface area contributed by atoms with Gasteiger partial charge in [-0.05, 0) is 55.4 Å². The highest BCUT2D eigenvalue weighted by Gasteiger charge is 2.57. The van der Waals surface area contributed by atoms with Crippen LogP contribution < -0.4 is 20.1 Å². The summed E-state index contributed by atoms with van der Waals surface area (Å²) in [6, 6.07) is 11.8. The predicted octanol–water partition coefficient (Wildman–Crippen LogP) is 3.45. The maximum absolute atomic E-state index is 13.8. The number of benzene rings is 2. The number of methoxy groups -OCH3 is 1. The van der Waals surface area contributed by atoms with Crippen LogP contribution in [0.25, 0.3) is 0 Å². The molecular formula is C25H27FN2O4. The Morgan fingerprint density at radius 1 is 1.28 bits per heavy atom. The zero-order chi connectivity index (χ0) is 22.3. The van der Waals surface area contributed by atoms with Gasteiger partial charge in [-0.15, -0.1) is 0 Å². The van der Waals surface area contributed by atoms with Gasteiger partial charge in [-0.3, -0.25) is 9.59 Å². The van der Waals surface area contributed by atoms with Crippen molar-refractivity contribution in [3.05, 3.63) is 59.4 Å². The molecule has 2 aromatic carbocycles. The fourth-order valence-electron chi connectivity index (χ4n) is 5.59. The van der Waals surface area contributed by atoms with Crippen LogP contribution in [0.3, 0.4) is 0 Å². The highest BCUT2D eigenvalue weighted by atomic mass is 19.1. The number of fused-ring (bicyclic) bond motifs is 3. The first-order valence-electron chi connectivity index (χ1n) is 11.2. The van der Waals surface area contributed by atoms with Crippen LogP contribution in [0.5, 0.6) is 11.5 Å². The van der Waals surface area contributed by atoms with Crippen LogP contribution in [0.4, 0.5) is 4.39 Å². The van der Waals surface area contributed by atoms with Gasteiger partial charge >= 0.3 is 0 Å². The van der Waals surface area contributed by atoms with Crippen molar-refractivity contribution in [2.45, 2.75) is 37.8 Å². The maximum atomic E-state index is 13.8. The smallest absolute Gasteiger partial charge is 0.258 e. The number of hydrogen-bond donors (Lipinski definition) is 2. The second-order valence-electron chi connectivity index (χ2n) is 9.02. The largest absolute Gasteiger partial charge is 0.497 e. The fourth-order valence-corrected chi connectivity index (χ4v) is 5.59. The number of nitrogens with one attached hydrogen (secondary N) is 2. The summed E-state index contributed by atoms with van der Waals surface area (Å²) in [4.78, 5) is 25.7. The standard InChI is InChI=1S/C25H27FN2O4/c1-31-18-8-9-19-22(13-18)32-25(28-24(19)30)14-16-6-7-17(25)12-20(16)23(29)27-11-10-15-4-2-3-5-21(15)26/h2-5,8-9,13,16-17,20H,6-7,10-12,14H2,1H3,(H,27,29)(H,28,30)/t16-,17+,20-,25+/m0/s1. The average molecular weight is 438 g/mol. The molecule has 0 unspecified atom stereocenters. The molecule has 4 aliphatic rings. The quantitative estimate of drug-likeness (QED) is 0.750. The first kappa shape index (κ1) is 20.8. The lowest BCUT2D eigenvalue weighted by atomic mass is 9.60. The van der Waals surface area contributed by atoms with Crippen LogP contribution in [0.2, 0.25) is 0 Å². The minimum atomic E-state index is -0.774. The van der Waals surface area contributed by atoms with Crippen molar-refractivity contribution in [2.75, 3.05) is 13.7 Å². The van der Waals surface area contributed by atoms with E-state index < -0.39 is 5.72 Å². The summed E-state index contributed by atoms with van der Waals surface area (Å²) >= 11 is 0. The predicted molar refractivity (Wildman–Crippen MR) is 116 cm³/mol. The van der Waals surface area contributed by atoms with Crippen molar-refractivity contribution >= 4 is 11.8 Å². The number of ether oxygens (including phenoxy) is 2. The van der Waals surface area contributed by atoms with E-state index in [1.54, 1.807) is 43.5 Å². The third-order valence-electron chi connectivity index (χ3n) is 7.26. The van der Waals surface area contributed by atoms with Gasteiger partial charge in [0.1, 0.15) is 17.3 Å². The highest BCUT2D eigenvalue weighted by molar-refractivity contribution is 5.98. The second kappa shape index (κ2) is 8.11. The molecule has 7 heteroatoms. The van der Waals surface area contributed by atoms with Crippen molar-refractivity contribution in [1.29, 1.82) is 0 Å². The van der Waals surface area contributed by atoms with Crippen LogP contribution >= 0.6 is 0 Å². The summed E-state index contributed by atoms with van der Waals surface area (Å²) in [6.07, 6.45) is 3.56. The SMILES string of the molecule is COc1ccc2c(c1)O[C@@]1(C[C@@H]3CC[C@@H]1C[C@@H]3C(=O)NCCc1ccccc1F)NC2=O. The van der Waals surface area contributed by atoms with Gasteiger partial charge in [0, 0.05) is 30.9 Å². The lowest BCUT2D eigenvalue weighted by molar-refractivity contribution is -0.146. The topological polar surface area (TPSA) is 76.7 Å². The van der Waals surface area contributed by atoms with E-state index >= 15 is 0 Å². The summed E-state index contributed by atoms with van der Waals surface area (Å²) < 4.78 is 25.5. The Hall–Kier alpha value is -3.09. The molecule has 3 saturated carbocycles. The molecule has 32 heavy (non-hydrogen) atoms. The number of hydrogen-bond acceptors (Lipinski definition) is 4. The molecule has 0 saturated heterocycles. The zero-order valence-corrected chi connectivity index (χ0v) is 18.0. The van der Waals surface area contributed by atoms with Gasteiger partial charge in [-0.25, -0.2) is 4.39 Å². The van der Waals surface area contributed by atoms with Gasteiger partial charge in [0.25, 0.3) is 5.91 Å². The van der Waals surface area contributed by atoms with E-state index in [0.29, 0.717) is 48.4 Å². The molecule has 3 fully saturated rings. The fraction of sp³-hybridized carbons (Fsp3) is 0.440. The van der Waals surface area contributed by atoms with Crippen molar-refractivity contribution < 1.29 is 23.5 Å². The number of halogens is 1. The van der Waals surface area contributed by atoms with E-state index in [0.717, 1.165) is 12.8 Å². The van der Waals surface area contributed by atoms with Crippen LogP contribution in [0.15, 0.2) is 42.5 Å². The maximum Gasteiger partial charge on any atom is 0.258 e. The summed E-state index contributed by atoms with van der Waals surface area (Å²) in [5, 5.41) is 6.11. The Balaban J connectivity index is 1.26. The molecule has 1 heterocycles. The summed E-state index contributed by atoms with van der Waals surface area (Å²) in [5.74, 6) is 0.851. The Kier molecular flexibility index (Phi) is 5.27. The molecule has 0 radical (unpaired) electrons. The van der Waals surface area contributed by atoms with Gasteiger partial charge in [0.2, 0.25) is 5.91 Å². The van der Waals surface area contributed by atoms with Gasteiger partial charge in [0.15, 0.2) is 5.72 Å². The zero-order valence-electron chi connectivity index (χ0n) is 18.0. The minimum Gasteiger partial charge on any atom is -0.497 e. The van der Waals surface area contributed by atoms with Gasteiger partial charge in [-0.2, -0.15) is 0 Å². The Morgan fingerprint density at radius 3 is 2.88 bits per heavy atom. The molecule has 6 nitrogen and oxygen atoms in total. The molecule has 3 aliphatic carbocycles. The van der Waals surface area contributed by atoms with Gasteiger partial charge in [0.05, 0.1) is 12.7 Å². The molecular weight excluding hydrogens is 411 g/mol. The number of carbonyl (C=O) groups excluding carboxylic acids is 2. The van der Waals surface area contributed by atoms with Crippen molar-refractivity contribution in [3.63, 3.8) is 0 Å². The van der Waals surface area contributed by atoms with Crippen LogP contribution in [-0.2, 0) is 11.2 Å². The van der Waals surface area contributed by atoms with E-state index in [-0.39, 0.29) is 35.4 Å². The van der Waals surface area contributed by atoms with Crippen molar-refractivity contribution in [3.8, 4) is 11.5 Å². The van der Waals surface area contributed by atoms with E-state index in [4.69, 9.17) is 9.47 Å². The van der Waals surface area contributed by atoms with Crippen LogP contribution in [0, 0.1) is 23.6 Å². The number of carbonyl (C=O) groups is 2. The third kappa shape index (κ3) is 3.59. The van der Waals surface area contributed by atoms with Gasteiger partial charge in [-0.1, -0.05) is 18.2 Å². The van der Waals surface area contributed by atoms with Gasteiger partial charge < -0.3 is 20.1 Å². The van der Waals surface area contributed by atoms with E-state index in [9.17, 15) is 14.0 Å². The summed E-state index contributed by atoms with van der Waals surface area (Å²) in [6.45, 7) is 0.402.